The molecule has 0 rings (SSSR count). The Hall–Kier alpha value is -1.01. The molecule has 68 valence electrons. The highest BCUT2D eigenvalue weighted by atomic mass is 16.3. The topological polar surface area (TPSA) is 49.3 Å². The zero-order chi connectivity index (χ0) is 9.61. The highest BCUT2D eigenvalue weighted by molar-refractivity contribution is 5.78. The van der Waals surface area contributed by atoms with Crippen LogP contribution >= 0.6 is 0 Å². The lowest BCUT2D eigenvalue weighted by Gasteiger charge is -2.21. The van der Waals surface area contributed by atoms with Crippen molar-refractivity contribution in [1.82, 2.24) is 5.32 Å². The number of hydrogen-bond acceptors (Lipinski definition) is 2. The van der Waals surface area contributed by atoms with Crippen LogP contribution in [0.1, 0.15) is 26.7 Å². The monoisotopic (exact) mass is 169 g/mol. The number of carbonyl (C=O) groups is 1. The fourth-order valence-corrected chi connectivity index (χ4v) is 0.569. The zero-order valence-corrected chi connectivity index (χ0v) is 7.55. The summed E-state index contributed by atoms with van der Waals surface area (Å²) < 4.78 is 0. The van der Waals surface area contributed by atoms with E-state index in [1.54, 1.807) is 6.92 Å². The molecule has 0 aliphatic rings. The summed E-state index contributed by atoms with van der Waals surface area (Å²) in [6.45, 7) is 3.78. The average molecular weight is 169 g/mol. The van der Waals surface area contributed by atoms with Crippen molar-refractivity contribution in [2.45, 2.75) is 32.3 Å². The van der Waals surface area contributed by atoms with Crippen molar-refractivity contribution in [2.75, 3.05) is 6.54 Å². The molecule has 1 atom stereocenters. The van der Waals surface area contributed by atoms with Gasteiger partial charge in [-0.3, -0.25) is 4.79 Å². The third kappa shape index (κ3) is 4.75. The lowest BCUT2D eigenvalue weighted by Crippen LogP contribution is -2.39. The molecule has 0 fully saturated rings. The summed E-state index contributed by atoms with van der Waals surface area (Å²) in [6.07, 6.45) is 5.60. The van der Waals surface area contributed by atoms with Gasteiger partial charge in [-0.1, -0.05) is 12.8 Å². The van der Waals surface area contributed by atoms with Crippen LogP contribution < -0.4 is 5.32 Å². The lowest BCUT2D eigenvalue weighted by molar-refractivity contribution is -0.121. The molecule has 3 nitrogen and oxygen atoms in total. The van der Waals surface area contributed by atoms with Gasteiger partial charge in [0.2, 0.25) is 5.91 Å². The number of aliphatic hydroxyl groups is 1. The number of hydrogen-bond donors (Lipinski definition) is 2. The van der Waals surface area contributed by atoms with Crippen LogP contribution in [0.2, 0.25) is 0 Å². The summed E-state index contributed by atoms with van der Waals surface area (Å²) >= 11 is 0. The Morgan fingerprint density at radius 3 is 2.75 bits per heavy atom. The predicted molar refractivity (Wildman–Crippen MR) is 47.4 cm³/mol. The molecule has 0 aliphatic heterocycles. The van der Waals surface area contributed by atoms with Crippen molar-refractivity contribution in [3.63, 3.8) is 0 Å². The van der Waals surface area contributed by atoms with Crippen LogP contribution in [0.15, 0.2) is 0 Å². The zero-order valence-electron chi connectivity index (χ0n) is 7.55. The van der Waals surface area contributed by atoms with Gasteiger partial charge in [0.05, 0.1) is 12.0 Å². The Balaban J connectivity index is 3.69. The van der Waals surface area contributed by atoms with Crippen molar-refractivity contribution in [1.29, 1.82) is 0 Å². The van der Waals surface area contributed by atoms with Gasteiger partial charge in [0.1, 0.15) is 0 Å². The SMILES string of the molecule is C#CCC(=O)NCC(C)(O)CC. The molecule has 0 saturated carbocycles. The number of nitrogens with one attached hydrogen (secondary N) is 1. The van der Waals surface area contributed by atoms with Crippen LogP contribution in [0.25, 0.3) is 0 Å². The molecule has 0 aromatic heterocycles. The van der Waals surface area contributed by atoms with Gasteiger partial charge in [-0.15, -0.1) is 6.42 Å². The van der Waals surface area contributed by atoms with Crippen LogP contribution in [0.4, 0.5) is 0 Å². The van der Waals surface area contributed by atoms with E-state index in [4.69, 9.17) is 6.42 Å². The second-order valence-electron chi connectivity index (χ2n) is 3.01. The maximum absolute atomic E-state index is 10.8. The number of terminal acetylenes is 1. The van der Waals surface area contributed by atoms with E-state index >= 15 is 0 Å². The number of carbonyl (C=O) groups excluding carboxylic acids is 1. The number of amides is 1. The van der Waals surface area contributed by atoms with E-state index in [0.717, 1.165) is 0 Å². The van der Waals surface area contributed by atoms with Gasteiger partial charge in [-0.05, 0) is 13.3 Å². The second-order valence-corrected chi connectivity index (χ2v) is 3.01. The third-order valence-electron chi connectivity index (χ3n) is 1.69. The Morgan fingerprint density at radius 2 is 2.33 bits per heavy atom. The molecular formula is C9H15NO2. The normalized spacial score (nSPS) is 14.5. The second kappa shape index (κ2) is 4.78. The van der Waals surface area contributed by atoms with Gasteiger partial charge in [-0.25, -0.2) is 0 Å². The molecule has 0 saturated heterocycles. The van der Waals surface area contributed by atoms with Gasteiger partial charge < -0.3 is 10.4 Å². The molecule has 12 heavy (non-hydrogen) atoms. The Labute approximate surface area is 73.2 Å². The highest BCUT2D eigenvalue weighted by Gasteiger charge is 2.17. The van der Waals surface area contributed by atoms with E-state index in [2.05, 4.69) is 11.2 Å². The maximum atomic E-state index is 10.8. The van der Waals surface area contributed by atoms with E-state index in [0.29, 0.717) is 6.42 Å². The van der Waals surface area contributed by atoms with Crippen LogP contribution in [-0.2, 0) is 4.79 Å². The molecule has 0 aromatic rings. The largest absolute Gasteiger partial charge is 0.388 e. The first-order valence-electron chi connectivity index (χ1n) is 3.94. The summed E-state index contributed by atoms with van der Waals surface area (Å²) in [5.74, 6) is 2.01. The summed E-state index contributed by atoms with van der Waals surface area (Å²) in [5, 5.41) is 12.0. The van der Waals surface area contributed by atoms with Crippen LogP contribution in [0.3, 0.4) is 0 Å². The molecular weight excluding hydrogens is 154 g/mol. The van der Waals surface area contributed by atoms with E-state index < -0.39 is 5.60 Å². The molecule has 0 aliphatic carbocycles. The standard InChI is InChI=1S/C9H15NO2/c1-4-6-8(11)10-7-9(3,12)5-2/h1,12H,5-7H2,2-3H3,(H,10,11). The molecule has 0 bridgehead atoms. The lowest BCUT2D eigenvalue weighted by atomic mass is 10.0. The summed E-state index contributed by atoms with van der Waals surface area (Å²) in [7, 11) is 0. The van der Waals surface area contributed by atoms with Gasteiger partial charge in [0.25, 0.3) is 0 Å². The molecule has 0 heterocycles. The first-order valence-corrected chi connectivity index (χ1v) is 3.94. The fourth-order valence-electron chi connectivity index (χ4n) is 0.569. The van der Waals surface area contributed by atoms with Crippen molar-refractivity contribution in [2.24, 2.45) is 0 Å². The van der Waals surface area contributed by atoms with Crippen LogP contribution in [-0.4, -0.2) is 23.2 Å². The molecule has 0 spiro atoms. The Kier molecular flexibility index (Phi) is 4.38. The molecule has 0 radical (unpaired) electrons. The van der Waals surface area contributed by atoms with E-state index in [9.17, 15) is 9.90 Å². The molecule has 3 heteroatoms. The number of rotatable bonds is 4. The Bertz CT molecular complexity index is 191. The van der Waals surface area contributed by atoms with Crippen molar-refractivity contribution in [3.05, 3.63) is 0 Å². The van der Waals surface area contributed by atoms with Gasteiger partial charge >= 0.3 is 0 Å². The summed E-state index contributed by atoms with van der Waals surface area (Å²) in [6, 6.07) is 0. The van der Waals surface area contributed by atoms with Crippen LogP contribution in [0.5, 0.6) is 0 Å². The average Bonchev–Trinajstić information content (AvgIpc) is 2.02. The Morgan fingerprint density at radius 1 is 1.75 bits per heavy atom. The van der Waals surface area contributed by atoms with Gasteiger partial charge in [0, 0.05) is 6.54 Å². The minimum absolute atomic E-state index is 0.0692. The highest BCUT2D eigenvalue weighted by Crippen LogP contribution is 2.05. The van der Waals surface area contributed by atoms with Crippen molar-refractivity contribution >= 4 is 5.91 Å². The first kappa shape index (κ1) is 11.0. The maximum Gasteiger partial charge on any atom is 0.232 e. The third-order valence-corrected chi connectivity index (χ3v) is 1.69. The summed E-state index contributed by atoms with van der Waals surface area (Å²) in [5.41, 5.74) is -0.829. The van der Waals surface area contributed by atoms with Gasteiger partial charge in [-0.2, -0.15) is 0 Å². The minimum Gasteiger partial charge on any atom is -0.388 e. The molecule has 2 N–H and O–H groups in total. The van der Waals surface area contributed by atoms with Crippen molar-refractivity contribution in [3.8, 4) is 12.3 Å². The predicted octanol–water partition coefficient (Wildman–Crippen LogP) is 0.287. The fraction of sp³-hybridized carbons (Fsp3) is 0.667. The van der Waals surface area contributed by atoms with Crippen molar-refractivity contribution < 1.29 is 9.90 Å². The van der Waals surface area contributed by atoms with E-state index in [1.165, 1.54) is 0 Å². The first-order chi connectivity index (χ1) is 5.52. The van der Waals surface area contributed by atoms with Gasteiger partial charge in [0.15, 0.2) is 0 Å². The minimum atomic E-state index is -0.829. The smallest absolute Gasteiger partial charge is 0.232 e. The van der Waals surface area contributed by atoms with E-state index in [1.807, 2.05) is 6.92 Å². The summed E-state index contributed by atoms with van der Waals surface area (Å²) in [4.78, 5) is 10.8. The molecule has 1 amide bonds. The van der Waals surface area contributed by atoms with E-state index in [-0.39, 0.29) is 18.9 Å². The molecule has 1 unspecified atom stereocenters. The quantitative estimate of drug-likeness (QED) is 0.594. The molecule has 0 aromatic carbocycles. The van der Waals surface area contributed by atoms with Crippen LogP contribution in [0, 0.1) is 12.3 Å².